The molecule has 0 radical (unpaired) electrons. The molecular formula is C18H17ClN4O2S. The highest BCUT2D eigenvalue weighted by Crippen LogP contribution is 2.36. The van der Waals surface area contributed by atoms with Crippen molar-refractivity contribution in [2.45, 2.75) is 19.4 Å². The Morgan fingerprint density at radius 1 is 1.46 bits per heavy atom. The lowest BCUT2D eigenvalue weighted by Crippen LogP contribution is -2.30. The average Bonchev–Trinajstić information content (AvgIpc) is 3.32. The van der Waals surface area contributed by atoms with Crippen molar-refractivity contribution in [3.8, 4) is 5.69 Å². The summed E-state index contributed by atoms with van der Waals surface area (Å²) in [6.07, 6.45) is 3.68. The molecule has 0 fully saturated rings. The maximum Gasteiger partial charge on any atom is 0.230 e. The SMILES string of the molecule is CC(C(=O)Nc1cc(Cl)ccc1-n1cncn1)C1OCCc2sccc21. The minimum atomic E-state index is -0.341. The van der Waals surface area contributed by atoms with Crippen LogP contribution in [0, 0.1) is 5.92 Å². The molecule has 6 nitrogen and oxygen atoms in total. The molecule has 1 amide bonds. The van der Waals surface area contributed by atoms with Gasteiger partial charge in [0.1, 0.15) is 12.7 Å². The van der Waals surface area contributed by atoms with Gasteiger partial charge in [-0.3, -0.25) is 4.79 Å². The lowest BCUT2D eigenvalue weighted by molar-refractivity contribution is -0.125. The van der Waals surface area contributed by atoms with Crippen molar-refractivity contribution >= 4 is 34.5 Å². The zero-order valence-corrected chi connectivity index (χ0v) is 15.6. The van der Waals surface area contributed by atoms with Gasteiger partial charge in [-0.1, -0.05) is 18.5 Å². The number of ether oxygens (including phenoxy) is 1. The highest BCUT2D eigenvalue weighted by atomic mass is 35.5. The van der Waals surface area contributed by atoms with Crippen LogP contribution >= 0.6 is 22.9 Å². The first-order valence-electron chi connectivity index (χ1n) is 8.27. The molecule has 2 unspecified atom stereocenters. The fraction of sp³-hybridized carbons (Fsp3) is 0.278. The Labute approximate surface area is 159 Å². The first-order valence-corrected chi connectivity index (χ1v) is 9.52. The summed E-state index contributed by atoms with van der Waals surface area (Å²) in [7, 11) is 0. The van der Waals surface area contributed by atoms with E-state index < -0.39 is 0 Å². The van der Waals surface area contributed by atoms with Crippen LogP contribution in [0.1, 0.15) is 23.5 Å². The number of amides is 1. The smallest absolute Gasteiger partial charge is 0.230 e. The molecule has 1 aliphatic rings. The van der Waals surface area contributed by atoms with Crippen molar-refractivity contribution in [2.24, 2.45) is 5.92 Å². The Bertz CT molecular complexity index is 925. The number of hydrogen-bond donors (Lipinski definition) is 1. The predicted octanol–water partition coefficient (Wildman–Crippen LogP) is 3.87. The number of benzene rings is 1. The first kappa shape index (κ1) is 17.2. The molecule has 3 aromatic rings. The maximum absolute atomic E-state index is 12.9. The molecule has 0 spiro atoms. The van der Waals surface area contributed by atoms with Crippen LogP contribution in [0.2, 0.25) is 5.02 Å². The first-order chi connectivity index (χ1) is 12.6. The van der Waals surface area contributed by atoms with Crippen molar-refractivity contribution in [3.05, 3.63) is 57.8 Å². The number of nitrogens with one attached hydrogen (secondary N) is 1. The van der Waals surface area contributed by atoms with E-state index in [1.54, 1.807) is 40.5 Å². The van der Waals surface area contributed by atoms with Crippen LogP contribution in [-0.4, -0.2) is 27.3 Å². The van der Waals surface area contributed by atoms with E-state index in [9.17, 15) is 4.79 Å². The molecule has 0 aliphatic carbocycles. The molecule has 1 aromatic carbocycles. The number of rotatable bonds is 4. The largest absolute Gasteiger partial charge is 0.372 e. The Balaban J connectivity index is 1.59. The third-order valence-electron chi connectivity index (χ3n) is 4.46. The molecule has 1 N–H and O–H groups in total. The molecule has 3 heterocycles. The van der Waals surface area contributed by atoms with Crippen molar-refractivity contribution in [1.29, 1.82) is 0 Å². The number of hydrogen-bond acceptors (Lipinski definition) is 5. The van der Waals surface area contributed by atoms with Gasteiger partial charge in [-0.15, -0.1) is 11.3 Å². The van der Waals surface area contributed by atoms with E-state index >= 15 is 0 Å². The summed E-state index contributed by atoms with van der Waals surface area (Å²) in [6.45, 7) is 2.52. The van der Waals surface area contributed by atoms with E-state index in [-0.39, 0.29) is 17.9 Å². The second-order valence-corrected chi connectivity index (χ2v) is 7.56. The minimum Gasteiger partial charge on any atom is -0.372 e. The number of fused-ring (bicyclic) bond motifs is 1. The minimum absolute atomic E-state index is 0.127. The zero-order chi connectivity index (χ0) is 18.1. The standard InChI is InChI=1S/C18H17ClN4O2S/c1-11(17-13-5-7-26-16(13)4-6-25-17)18(24)22-14-8-12(19)2-3-15(14)23-10-20-9-21-23/h2-3,5,7-11,17H,4,6H2,1H3,(H,22,24). The molecular weight excluding hydrogens is 372 g/mol. The molecule has 8 heteroatoms. The summed E-state index contributed by atoms with van der Waals surface area (Å²) >= 11 is 7.84. The van der Waals surface area contributed by atoms with Crippen LogP contribution < -0.4 is 5.32 Å². The van der Waals surface area contributed by atoms with Gasteiger partial charge < -0.3 is 10.1 Å². The van der Waals surface area contributed by atoms with Crippen molar-refractivity contribution in [3.63, 3.8) is 0 Å². The number of carbonyl (C=O) groups excluding carboxylic acids is 1. The number of aromatic nitrogens is 3. The number of carbonyl (C=O) groups is 1. The Morgan fingerprint density at radius 2 is 2.35 bits per heavy atom. The number of anilines is 1. The zero-order valence-electron chi connectivity index (χ0n) is 14.1. The van der Waals surface area contributed by atoms with Crippen molar-refractivity contribution in [1.82, 2.24) is 14.8 Å². The Morgan fingerprint density at radius 3 is 3.15 bits per heavy atom. The number of nitrogens with zero attached hydrogens (tertiary/aromatic N) is 3. The second kappa shape index (κ2) is 7.19. The summed E-state index contributed by atoms with van der Waals surface area (Å²) < 4.78 is 7.49. The highest BCUT2D eigenvalue weighted by molar-refractivity contribution is 7.10. The normalized spacial score (nSPS) is 17.5. The fourth-order valence-electron chi connectivity index (χ4n) is 3.11. The fourth-order valence-corrected chi connectivity index (χ4v) is 4.19. The van der Waals surface area contributed by atoms with Crippen LogP contribution in [0.5, 0.6) is 0 Å². The van der Waals surface area contributed by atoms with E-state index in [0.29, 0.717) is 23.0 Å². The van der Waals surface area contributed by atoms with E-state index in [2.05, 4.69) is 20.8 Å². The van der Waals surface area contributed by atoms with Gasteiger partial charge in [-0.05, 0) is 35.2 Å². The third kappa shape index (κ3) is 3.25. The van der Waals surface area contributed by atoms with Crippen LogP contribution in [0.4, 0.5) is 5.69 Å². The van der Waals surface area contributed by atoms with Gasteiger partial charge in [-0.25, -0.2) is 9.67 Å². The lowest BCUT2D eigenvalue weighted by atomic mass is 9.94. The molecule has 2 aromatic heterocycles. The number of thiophene rings is 1. The van der Waals surface area contributed by atoms with Gasteiger partial charge in [-0.2, -0.15) is 5.10 Å². The summed E-state index contributed by atoms with van der Waals surface area (Å²) in [5.74, 6) is -0.469. The van der Waals surface area contributed by atoms with Crippen LogP contribution in [-0.2, 0) is 16.0 Å². The highest BCUT2D eigenvalue weighted by Gasteiger charge is 2.31. The van der Waals surface area contributed by atoms with Gasteiger partial charge in [0, 0.05) is 16.3 Å². The van der Waals surface area contributed by atoms with E-state index in [0.717, 1.165) is 12.0 Å². The summed E-state index contributed by atoms with van der Waals surface area (Å²) in [5.41, 5.74) is 2.40. The van der Waals surface area contributed by atoms with E-state index in [1.165, 1.54) is 11.2 Å². The second-order valence-electron chi connectivity index (χ2n) is 6.12. The average molecular weight is 389 g/mol. The topological polar surface area (TPSA) is 69.0 Å². The summed E-state index contributed by atoms with van der Waals surface area (Å²) in [6, 6.07) is 7.31. The monoisotopic (exact) mass is 388 g/mol. The van der Waals surface area contributed by atoms with Gasteiger partial charge in [0.25, 0.3) is 0 Å². The molecule has 1 aliphatic heterocycles. The molecule has 26 heavy (non-hydrogen) atoms. The van der Waals surface area contributed by atoms with E-state index in [1.807, 2.05) is 13.0 Å². The molecule has 0 saturated carbocycles. The summed E-state index contributed by atoms with van der Waals surface area (Å²) in [5, 5.41) is 9.69. The summed E-state index contributed by atoms with van der Waals surface area (Å²) in [4.78, 5) is 18.2. The molecule has 4 rings (SSSR count). The van der Waals surface area contributed by atoms with Gasteiger partial charge in [0.2, 0.25) is 5.91 Å². The molecule has 0 bridgehead atoms. The van der Waals surface area contributed by atoms with E-state index in [4.69, 9.17) is 16.3 Å². The third-order valence-corrected chi connectivity index (χ3v) is 5.69. The van der Waals surface area contributed by atoms with Crippen molar-refractivity contribution in [2.75, 3.05) is 11.9 Å². The Kier molecular flexibility index (Phi) is 4.76. The quantitative estimate of drug-likeness (QED) is 0.736. The predicted molar refractivity (Wildman–Crippen MR) is 101 cm³/mol. The Hall–Kier alpha value is -2.22. The van der Waals surface area contributed by atoms with Crippen molar-refractivity contribution < 1.29 is 9.53 Å². The molecule has 2 atom stereocenters. The van der Waals surface area contributed by atoms with Crippen LogP contribution in [0.3, 0.4) is 0 Å². The lowest BCUT2D eigenvalue weighted by Gasteiger charge is -2.28. The number of halogens is 1. The molecule has 134 valence electrons. The maximum atomic E-state index is 12.9. The van der Waals surface area contributed by atoms with Crippen LogP contribution in [0.15, 0.2) is 42.3 Å². The van der Waals surface area contributed by atoms with Gasteiger partial charge in [0.15, 0.2) is 0 Å². The van der Waals surface area contributed by atoms with Gasteiger partial charge in [0.05, 0.1) is 30.0 Å². The molecule has 0 saturated heterocycles. The van der Waals surface area contributed by atoms with Crippen LogP contribution in [0.25, 0.3) is 5.69 Å². The van der Waals surface area contributed by atoms with Gasteiger partial charge >= 0.3 is 0 Å².